The van der Waals surface area contributed by atoms with Gasteiger partial charge in [0.1, 0.15) is 0 Å². The van der Waals surface area contributed by atoms with Crippen LogP contribution in [0, 0.1) is 11.3 Å². The molecule has 56 valence electrons. The minimum atomic E-state index is 0.656. The van der Waals surface area contributed by atoms with Gasteiger partial charge in [0, 0.05) is 4.90 Å². The summed E-state index contributed by atoms with van der Waals surface area (Å²) in [5.74, 6) is 0. The summed E-state index contributed by atoms with van der Waals surface area (Å²) < 4.78 is 2.43. The maximum absolute atomic E-state index is 8.46. The highest BCUT2D eigenvalue weighted by Gasteiger charge is 1.91. The first-order valence-corrected chi connectivity index (χ1v) is 4.09. The van der Waals surface area contributed by atoms with Crippen molar-refractivity contribution in [1.82, 2.24) is 4.24 Å². The molecule has 0 amide bonds. The van der Waals surface area contributed by atoms with Gasteiger partial charge in [-0.2, -0.15) is 9.50 Å². The topological polar surface area (TPSA) is 35.8 Å². The van der Waals surface area contributed by atoms with E-state index >= 15 is 0 Å². The fraction of sp³-hybridized carbons (Fsp3) is 0. The van der Waals surface area contributed by atoms with Crippen molar-refractivity contribution in [3.63, 3.8) is 0 Å². The Morgan fingerprint density at radius 2 is 2.00 bits per heavy atom. The summed E-state index contributed by atoms with van der Waals surface area (Å²) in [5.41, 5.74) is 0.656. The lowest BCUT2D eigenvalue weighted by Gasteiger charge is -1.95. The fourth-order valence-electron chi connectivity index (χ4n) is 0.642. The lowest BCUT2D eigenvalue weighted by Crippen LogP contribution is -1.81. The Morgan fingerprint density at radius 3 is 2.45 bits per heavy atom. The molecule has 1 rings (SSSR count). The van der Waals surface area contributed by atoms with E-state index in [2.05, 4.69) is 4.24 Å². The Bertz CT molecular complexity index is 265. The van der Waals surface area contributed by atoms with Crippen LogP contribution in [-0.4, -0.2) is 0 Å². The minimum Gasteiger partial charge on any atom is -0.192 e. The quantitative estimate of drug-likeness (QED) is 0.566. The third-order valence-corrected chi connectivity index (χ3v) is 1.96. The van der Waals surface area contributed by atoms with E-state index in [1.165, 1.54) is 11.9 Å². The lowest BCUT2D eigenvalue weighted by atomic mass is 10.2. The first-order valence-electron chi connectivity index (χ1n) is 2.89. The number of benzene rings is 1. The van der Waals surface area contributed by atoms with Gasteiger partial charge in [0.2, 0.25) is 0 Å². The summed E-state index contributed by atoms with van der Waals surface area (Å²) in [5, 5.41) is 8.46. The van der Waals surface area contributed by atoms with Gasteiger partial charge in [0.15, 0.2) is 0 Å². The van der Waals surface area contributed by atoms with Crippen molar-refractivity contribution < 1.29 is 0 Å². The van der Waals surface area contributed by atoms with Gasteiger partial charge in [0.05, 0.1) is 11.6 Å². The number of nitrogens with one attached hydrogen (secondary N) is 1. The molecular weight excluding hydrogens is 180 g/mol. The smallest absolute Gasteiger partial charge is 0.0991 e. The zero-order valence-electron chi connectivity index (χ0n) is 5.54. The third-order valence-electron chi connectivity index (χ3n) is 1.14. The molecule has 0 aliphatic carbocycles. The predicted molar refractivity (Wildman–Crippen MR) is 46.0 cm³/mol. The fourth-order valence-corrected chi connectivity index (χ4v) is 1.27. The van der Waals surface area contributed by atoms with E-state index < -0.39 is 0 Å². The third kappa shape index (κ3) is 2.43. The van der Waals surface area contributed by atoms with E-state index in [0.717, 1.165) is 4.90 Å². The van der Waals surface area contributed by atoms with Gasteiger partial charge >= 0.3 is 0 Å². The number of rotatable bonds is 2. The Labute approximate surface area is 74.4 Å². The van der Waals surface area contributed by atoms with Crippen LogP contribution in [0.1, 0.15) is 5.56 Å². The molecule has 0 aliphatic rings. The van der Waals surface area contributed by atoms with E-state index in [1.54, 1.807) is 12.1 Å². The first-order chi connectivity index (χ1) is 5.36. The van der Waals surface area contributed by atoms with Gasteiger partial charge in [-0.1, -0.05) is 0 Å². The van der Waals surface area contributed by atoms with E-state index in [4.69, 9.17) is 17.0 Å². The Balaban J connectivity index is 2.76. The maximum atomic E-state index is 8.46. The molecule has 0 aromatic heterocycles. The SMILES string of the molecule is N#Cc1ccc(SNCl)cc1. The van der Waals surface area contributed by atoms with Crippen molar-refractivity contribution in [3.05, 3.63) is 29.8 Å². The summed E-state index contributed by atoms with van der Waals surface area (Å²) in [6.45, 7) is 0. The normalized spacial score (nSPS) is 9.09. The first kappa shape index (κ1) is 8.41. The van der Waals surface area contributed by atoms with Crippen molar-refractivity contribution in [2.75, 3.05) is 0 Å². The van der Waals surface area contributed by atoms with Crippen LogP contribution in [0.4, 0.5) is 0 Å². The second-order valence-corrected chi connectivity index (χ2v) is 3.11. The largest absolute Gasteiger partial charge is 0.192 e. The van der Waals surface area contributed by atoms with Gasteiger partial charge in [-0.15, -0.1) is 0 Å². The Kier molecular flexibility index (Phi) is 3.24. The zero-order chi connectivity index (χ0) is 8.10. The zero-order valence-corrected chi connectivity index (χ0v) is 7.12. The van der Waals surface area contributed by atoms with Crippen molar-refractivity contribution >= 4 is 23.7 Å². The van der Waals surface area contributed by atoms with Crippen molar-refractivity contribution in [3.8, 4) is 6.07 Å². The van der Waals surface area contributed by atoms with E-state index in [9.17, 15) is 0 Å². The summed E-state index contributed by atoms with van der Waals surface area (Å²) in [4.78, 5) is 0.985. The molecule has 2 nitrogen and oxygen atoms in total. The van der Waals surface area contributed by atoms with Crippen LogP contribution in [0.3, 0.4) is 0 Å². The molecule has 0 saturated carbocycles. The van der Waals surface area contributed by atoms with Crippen molar-refractivity contribution in [2.45, 2.75) is 4.90 Å². The highest BCUT2D eigenvalue weighted by atomic mass is 35.5. The van der Waals surface area contributed by atoms with Gasteiger partial charge in [0.25, 0.3) is 0 Å². The highest BCUT2D eigenvalue weighted by Crippen LogP contribution is 2.14. The molecule has 1 aromatic rings. The van der Waals surface area contributed by atoms with E-state index in [-0.39, 0.29) is 0 Å². The minimum absolute atomic E-state index is 0.656. The van der Waals surface area contributed by atoms with Crippen LogP contribution >= 0.6 is 23.7 Å². The van der Waals surface area contributed by atoms with Gasteiger partial charge < -0.3 is 0 Å². The number of hydrogen-bond donors (Lipinski definition) is 1. The van der Waals surface area contributed by atoms with Crippen LogP contribution < -0.4 is 4.24 Å². The second kappa shape index (κ2) is 4.24. The molecule has 11 heavy (non-hydrogen) atoms. The number of hydrogen-bond acceptors (Lipinski definition) is 3. The molecule has 0 atom stereocenters. The molecule has 0 unspecified atom stereocenters. The molecule has 0 bridgehead atoms. The van der Waals surface area contributed by atoms with Gasteiger partial charge in [-0.05, 0) is 48.0 Å². The maximum Gasteiger partial charge on any atom is 0.0991 e. The molecule has 1 aromatic carbocycles. The van der Waals surface area contributed by atoms with E-state index in [1.807, 2.05) is 18.2 Å². The van der Waals surface area contributed by atoms with Gasteiger partial charge in [-0.25, -0.2) is 0 Å². The molecule has 0 radical (unpaired) electrons. The van der Waals surface area contributed by atoms with Crippen LogP contribution in [-0.2, 0) is 0 Å². The molecule has 0 aliphatic heterocycles. The van der Waals surface area contributed by atoms with Crippen molar-refractivity contribution in [2.24, 2.45) is 0 Å². The van der Waals surface area contributed by atoms with Crippen LogP contribution in [0.5, 0.6) is 0 Å². The molecule has 0 heterocycles. The Morgan fingerprint density at radius 1 is 1.36 bits per heavy atom. The second-order valence-electron chi connectivity index (χ2n) is 1.82. The van der Waals surface area contributed by atoms with E-state index in [0.29, 0.717) is 5.56 Å². The molecule has 1 N–H and O–H groups in total. The number of nitriles is 1. The standard InChI is InChI=1S/C7H5ClN2S/c8-10-11-7-3-1-6(5-9)2-4-7/h1-4,10H. The van der Waals surface area contributed by atoms with Crippen LogP contribution in [0.2, 0.25) is 0 Å². The predicted octanol–water partition coefficient (Wildman–Crippen LogP) is 2.31. The molecule has 4 heteroatoms. The summed E-state index contributed by atoms with van der Waals surface area (Å²) >= 11 is 6.56. The number of halogens is 1. The molecule has 0 saturated heterocycles. The highest BCUT2D eigenvalue weighted by molar-refractivity contribution is 7.98. The number of nitrogens with zero attached hydrogens (tertiary/aromatic N) is 1. The molecule has 0 fully saturated rings. The Hall–Kier alpha value is -0.690. The monoisotopic (exact) mass is 184 g/mol. The average molecular weight is 185 g/mol. The summed E-state index contributed by atoms with van der Waals surface area (Å²) in [6, 6.07) is 9.19. The molecular formula is C7H5ClN2S. The average Bonchev–Trinajstić information content (AvgIpc) is 2.07. The van der Waals surface area contributed by atoms with Crippen LogP contribution in [0.15, 0.2) is 29.2 Å². The van der Waals surface area contributed by atoms with Gasteiger partial charge in [-0.3, -0.25) is 0 Å². The summed E-state index contributed by atoms with van der Waals surface area (Å²) in [7, 11) is 0. The molecule has 0 spiro atoms. The van der Waals surface area contributed by atoms with Crippen molar-refractivity contribution in [1.29, 1.82) is 5.26 Å². The summed E-state index contributed by atoms with van der Waals surface area (Å²) in [6.07, 6.45) is 0. The lowest BCUT2D eigenvalue weighted by molar-refractivity contribution is 1.40. The van der Waals surface area contributed by atoms with Crippen LogP contribution in [0.25, 0.3) is 0 Å².